The normalized spacial score (nSPS) is 26.6. The monoisotopic (exact) mass is 273 g/mol. The van der Waals surface area contributed by atoms with Crippen molar-refractivity contribution in [2.45, 2.75) is 45.3 Å². The Morgan fingerprint density at radius 3 is 2.80 bits per heavy atom. The Hall–Kier alpha value is -1.91. The Labute approximate surface area is 118 Å². The fourth-order valence-electron chi connectivity index (χ4n) is 2.66. The van der Waals surface area contributed by atoms with E-state index >= 15 is 0 Å². The van der Waals surface area contributed by atoms with Crippen LogP contribution in [0.15, 0.2) is 18.3 Å². The molecule has 3 rings (SSSR count). The van der Waals surface area contributed by atoms with Crippen molar-refractivity contribution in [1.82, 2.24) is 15.2 Å². The molecule has 5 heteroatoms. The number of hydrogen-bond acceptors (Lipinski definition) is 3. The van der Waals surface area contributed by atoms with Gasteiger partial charge in [0.1, 0.15) is 12.1 Å². The van der Waals surface area contributed by atoms with Crippen LogP contribution >= 0.6 is 0 Å². The lowest BCUT2D eigenvalue weighted by Gasteiger charge is -2.37. The Morgan fingerprint density at radius 1 is 1.40 bits per heavy atom. The van der Waals surface area contributed by atoms with Gasteiger partial charge >= 0.3 is 0 Å². The molecule has 1 aromatic heterocycles. The molecular weight excluding hydrogens is 254 g/mol. The summed E-state index contributed by atoms with van der Waals surface area (Å²) < 4.78 is 0. The van der Waals surface area contributed by atoms with Crippen LogP contribution in [-0.4, -0.2) is 33.8 Å². The third kappa shape index (κ3) is 2.28. The Kier molecular flexibility index (Phi) is 3.20. The summed E-state index contributed by atoms with van der Waals surface area (Å²) in [5.41, 5.74) is 1.90. The van der Waals surface area contributed by atoms with Gasteiger partial charge in [0, 0.05) is 6.20 Å². The molecule has 1 aliphatic heterocycles. The number of amides is 2. The van der Waals surface area contributed by atoms with E-state index in [4.69, 9.17) is 0 Å². The second-order valence-electron chi connectivity index (χ2n) is 5.73. The third-order valence-electron chi connectivity index (χ3n) is 4.23. The summed E-state index contributed by atoms with van der Waals surface area (Å²) in [6.45, 7) is 4.15. The summed E-state index contributed by atoms with van der Waals surface area (Å²) in [7, 11) is 0. The van der Waals surface area contributed by atoms with Crippen LogP contribution in [0.25, 0.3) is 0 Å². The second-order valence-corrected chi connectivity index (χ2v) is 5.73. The average molecular weight is 273 g/mol. The van der Waals surface area contributed by atoms with E-state index in [1.807, 2.05) is 19.1 Å². The third-order valence-corrected chi connectivity index (χ3v) is 4.23. The number of aryl methyl sites for hydroxylation is 1. The van der Waals surface area contributed by atoms with Gasteiger partial charge in [-0.1, -0.05) is 6.07 Å². The summed E-state index contributed by atoms with van der Waals surface area (Å²) >= 11 is 0. The Balaban J connectivity index is 1.83. The number of nitrogens with one attached hydrogen (secondary N) is 1. The van der Waals surface area contributed by atoms with Crippen LogP contribution in [0.2, 0.25) is 0 Å². The summed E-state index contributed by atoms with van der Waals surface area (Å²) in [6.07, 6.45) is 3.78. The second kappa shape index (κ2) is 4.89. The maximum absolute atomic E-state index is 12.6. The van der Waals surface area contributed by atoms with Crippen molar-refractivity contribution in [2.75, 3.05) is 0 Å². The summed E-state index contributed by atoms with van der Waals surface area (Å²) in [5.74, 6) is 0.297. The number of nitrogens with zero attached hydrogens (tertiary/aromatic N) is 2. The van der Waals surface area contributed by atoms with E-state index in [-0.39, 0.29) is 17.9 Å². The molecule has 2 amide bonds. The molecule has 1 aliphatic carbocycles. The molecule has 2 atom stereocenters. The molecule has 1 N–H and O–H groups in total. The van der Waals surface area contributed by atoms with Gasteiger partial charge in [-0.15, -0.1) is 0 Å². The summed E-state index contributed by atoms with van der Waals surface area (Å²) in [4.78, 5) is 30.6. The number of carbonyl (C=O) groups excluding carboxylic acids is 2. The number of aromatic nitrogens is 1. The Bertz CT molecular complexity index is 554. The van der Waals surface area contributed by atoms with Crippen LogP contribution in [0.5, 0.6) is 0 Å². The number of carbonyl (C=O) groups is 2. The highest BCUT2D eigenvalue weighted by atomic mass is 16.2. The van der Waals surface area contributed by atoms with Crippen LogP contribution in [0, 0.1) is 12.8 Å². The van der Waals surface area contributed by atoms with E-state index in [0.717, 1.165) is 24.1 Å². The van der Waals surface area contributed by atoms with Crippen LogP contribution in [0.1, 0.15) is 31.0 Å². The Morgan fingerprint density at radius 2 is 2.15 bits per heavy atom. The summed E-state index contributed by atoms with van der Waals surface area (Å²) in [6, 6.07) is 3.08. The molecule has 1 aromatic rings. The van der Waals surface area contributed by atoms with Crippen molar-refractivity contribution in [3.8, 4) is 0 Å². The van der Waals surface area contributed by atoms with E-state index in [2.05, 4.69) is 10.3 Å². The molecular formula is C15H19N3O2. The lowest BCUT2D eigenvalue weighted by molar-refractivity contribution is -0.150. The van der Waals surface area contributed by atoms with Gasteiger partial charge < -0.3 is 10.2 Å². The molecule has 2 fully saturated rings. The zero-order valence-corrected chi connectivity index (χ0v) is 11.8. The molecule has 0 spiro atoms. The fraction of sp³-hybridized carbons (Fsp3) is 0.533. The van der Waals surface area contributed by atoms with Crippen molar-refractivity contribution in [3.05, 3.63) is 29.6 Å². The van der Waals surface area contributed by atoms with Crippen molar-refractivity contribution in [1.29, 1.82) is 0 Å². The van der Waals surface area contributed by atoms with Crippen molar-refractivity contribution in [2.24, 2.45) is 5.92 Å². The topological polar surface area (TPSA) is 62.3 Å². The molecule has 5 nitrogen and oxygen atoms in total. The molecule has 1 saturated carbocycles. The number of piperazine rings is 1. The molecule has 2 heterocycles. The van der Waals surface area contributed by atoms with Gasteiger partial charge in [0.15, 0.2) is 0 Å². The largest absolute Gasteiger partial charge is 0.342 e. The van der Waals surface area contributed by atoms with E-state index < -0.39 is 6.04 Å². The van der Waals surface area contributed by atoms with Gasteiger partial charge in [-0.05, 0) is 44.2 Å². The summed E-state index contributed by atoms with van der Waals surface area (Å²) in [5, 5.41) is 2.86. The predicted molar refractivity (Wildman–Crippen MR) is 73.6 cm³/mol. The van der Waals surface area contributed by atoms with E-state index in [1.54, 1.807) is 18.0 Å². The number of rotatable bonds is 3. The zero-order chi connectivity index (χ0) is 14.3. The first-order valence-electron chi connectivity index (χ1n) is 7.09. The molecule has 106 valence electrons. The molecule has 0 radical (unpaired) electrons. The van der Waals surface area contributed by atoms with Gasteiger partial charge in [-0.3, -0.25) is 14.6 Å². The highest BCUT2D eigenvalue weighted by Gasteiger charge is 2.45. The van der Waals surface area contributed by atoms with Gasteiger partial charge in [-0.25, -0.2) is 0 Å². The van der Waals surface area contributed by atoms with Gasteiger partial charge in [0.25, 0.3) is 0 Å². The van der Waals surface area contributed by atoms with Crippen LogP contribution in [0.3, 0.4) is 0 Å². The molecule has 2 unspecified atom stereocenters. The lowest BCUT2D eigenvalue weighted by Crippen LogP contribution is -2.62. The predicted octanol–water partition coefficient (Wildman–Crippen LogP) is 1.02. The van der Waals surface area contributed by atoms with Gasteiger partial charge in [0.05, 0.1) is 12.2 Å². The first kappa shape index (κ1) is 13.1. The van der Waals surface area contributed by atoms with E-state index in [1.165, 1.54) is 0 Å². The minimum Gasteiger partial charge on any atom is -0.342 e. The molecule has 0 aromatic carbocycles. The molecule has 20 heavy (non-hydrogen) atoms. The van der Waals surface area contributed by atoms with Crippen LogP contribution in [0.4, 0.5) is 0 Å². The lowest BCUT2D eigenvalue weighted by atomic mass is 10.0. The van der Waals surface area contributed by atoms with Crippen molar-refractivity contribution < 1.29 is 9.59 Å². The number of pyridine rings is 1. The number of hydrogen-bond donors (Lipinski definition) is 1. The van der Waals surface area contributed by atoms with E-state index in [9.17, 15) is 9.59 Å². The first-order chi connectivity index (χ1) is 9.58. The van der Waals surface area contributed by atoms with Crippen molar-refractivity contribution >= 4 is 11.8 Å². The van der Waals surface area contributed by atoms with Gasteiger partial charge in [-0.2, -0.15) is 0 Å². The fourth-order valence-corrected chi connectivity index (χ4v) is 2.66. The highest BCUT2D eigenvalue weighted by molar-refractivity contribution is 5.97. The SMILES string of the molecule is Cc1cccnc1CN1C(=O)C(C2CC2)NC(=O)C1C. The minimum absolute atomic E-state index is 0.0321. The zero-order valence-electron chi connectivity index (χ0n) is 11.8. The maximum atomic E-state index is 12.6. The smallest absolute Gasteiger partial charge is 0.246 e. The maximum Gasteiger partial charge on any atom is 0.246 e. The molecule has 1 saturated heterocycles. The first-order valence-corrected chi connectivity index (χ1v) is 7.09. The van der Waals surface area contributed by atoms with Gasteiger partial charge in [0.2, 0.25) is 11.8 Å². The minimum atomic E-state index is -0.432. The standard InChI is InChI=1S/C15H19N3O2/c1-9-4-3-7-16-12(9)8-18-10(2)14(19)17-13(15(18)20)11-5-6-11/h3-4,7,10-11,13H,5-6,8H2,1-2H3,(H,17,19). The van der Waals surface area contributed by atoms with Crippen molar-refractivity contribution in [3.63, 3.8) is 0 Å². The quantitative estimate of drug-likeness (QED) is 0.894. The molecule has 2 aliphatic rings. The highest BCUT2D eigenvalue weighted by Crippen LogP contribution is 2.35. The van der Waals surface area contributed by atoms with Crippen LogP contribution < -0.4 is 5.32 Å². The average Bonchev–Trinajstić information content (AvgIpc) is 3.25. The molecule has 0 bridgehead atoms. The van der Waals surface area contributed by atoms with Crippen LogP contribution in [-0.2, 0) is 16.1 Å². The van der Waals surface area contributed by atoms with E-state index in [0.29, 0.717) is 12.5 Å².